The summed E-state index contributed by atoms with van der Waals surface area (Å²) >= 11 is 1.77. The van der Waals surface area contributed by atoms with Crippen LogP contribution in [-0.4, -0.2) is 29.9 Å². The Hall–Kier alpha value is -0.740. The average molecular weight is 243 g/mol. The van der Waals surface area contributed by atoms with Gasteiger partial charge in [0, 0.05) is 13.2 Å². The molecule has 0 atom stereocenters. The van der Waals surface area contributed by atoms with Gasteiger partial charge in [0.1, 0.15) is 0 Å². The number of thioether (sulfide) groups is 1. The van der Waals surface area contributed by atoms with Crippen LogP contribution in [0.2, 0.25) is 0 Å². The van der Waals surface area contributed by atoms with E-state index >= 15 is 0 Å². The zero-order valence-electron chi connectivity index (χ0n) is 9.82. The van der Waals surface area contributed by atoms with E-state index in [1.807, 2.05) is 11.5 Å². The molecule has 92 valence electrons. The van der Waals surface area contributed by atoms with Crippen LogP contribution < -0.4 is 5.32 Å². The fraction of sp³-hybridized carbons (Fsp3) is 0.583. The maximum atomic E-state index is 11.1. The fourth-order valence-corrected chi connectivity index (χ4v) is 1.72. The Bertz CT molecular complexity index is 227. The zero-order valence-corrected chi connectivity index (χ0v) is 10.6. The van der Waals surface area contributed by atoms with Crippen LogP contribution in [0.25, 0.3) is 0 Å². The lowest BCUT2D eigenvalue weighted by atomic mass is 10.4. The quantitative estimate of drug-likeness (QED) is 0.481. The summed E-state index contributed by atoms with van der Waals surface area (Å²) in [6, 6.07) is 0. The first-order valence-corrected chi connectivity index (χ1v) is 6.68. The predicted octanol–water partition coefficient (Wildman–Crippen LogP) is 2.09. The van der Waals surface area contributed by atoms with Crippen molar-refractivity contribution in [2.45, 2.75) is 26.2 Å². The number of rotatable bonds is 9. The Balaban J connectivity index is 3.39. The number of hydrogen-bond acceptors (Lipinski definition) is 3. The molecule has 4 heteroatoms. The average Bonchev–Trinajstić information content (AvgIpc) is 2.28. The van der Waals surface area contributed by atoms with Gasteiger partial charge in [0.2, 0.25) is 5.91 Å². The van der Waals surface area contributed by atoms with Gasteiger partial charge in [0.15, 0.2) is 0 Å². The number of carbonyl (C=O) groups is 1. The second-order valence-corrected chi connectivity index (χ2v) is 4.27. The number of amides is 1. The van der Waals surface area contributed by atoms with Crippen LogP contribution >= 0.6 is 11.8 Å². The van der Waals surface area contributed by atoms with Crippen molar-refractivity contribution in [1.29, 1.82) is 0 Å². The molecule has 1 amide bonds. The van der Waals surface area contributed by atoms with E-state index < -0.39 is 0 Å². The summed E-state index contributed by atoms with van der Waals surface area (Å²) in [6.45, 7) is 2.81. The van der Waals surface area contributed by atoms with Gasteiger partial charge in [-0.05, 0) is 30.1 Å². The highest BCUT2D eigenvalue weighted by Gasteiger charge is 1.90. The van der Waals surface area contributed by atoms with Crippen molar-refractivity contribution in [3.8, 4) is 0 Å². The van der Waals surface area contributed by atoms with E-state index in [1.54, 1.807) is 17.8 Å². The smallest absolute Gasteiger partial charge is 0.243 e. The molecular formula is C12H21NO2S. The maximum absolute atomic E-state index is 11.1. The molecule has 3 nitrogen and oxygen atoms in total. The number of aliphatic hydroxyl groups is 1. The highest BCUT2D eigenvalue weighted by molar-refractivity contribution is 8.02. The van der Waals surface area contributed by atoms with Crippen molar-refractivity contribution >= 4 is 17.7 Å². The molecule has 0 spiro atoms. The Morgan fingerprint density at radius 1 is 1.44 bits per heavy atom. The number of nitrogens with one attached hydrogen (secondary N) is 1. The van der Waals surface area contributed by atoms with Gasteiger partial charge in [-0.25, -0.2) is 0 Å². The van der Waals surface area contributed by atoms with Crippen LogP contribution in [0, 0.1) is 0 Å². The SMILES string of the molecule is CCCCS/C=C/CNC(=O)/C=C/CCO. The molecular weight excluding hydrogens is 222 g/mol. The van der Waals surface area contributed by atoms with E-state index in [9.17, 15) is 4.79 Å². The van der Waals surface area contributed by atoms with Gasteiger partial charge >= 0.3 is 0 Å². The standard InChI is InChI=1S/C12H21NO2S/c1-2-3-10-16-11-6-8-13-12(15)7-4-5-9-14/h4,6-7,11,14H,2-3,5,8-10H2,1H3,(H,13,15)/b7-4+,11-6+. The molecule has 0 aromatic carbocycles. The van der Waals surface area contributed by atoms with E-state index in [4.69, 9.17) is 5.11 Å². The summed E-state index contributed by atoms with van der Waals surface area (Å²) < 4.78 is 0. The van der Waals surface area contributed by atoms with Crippen molar-refractivity contribution in [3.05, 3.63) is 23.6 Å². The molecule has 0 radical (unpaired) electrons. The van der Waals surface area contributed by atoms with Crippen LogP contribution in [0.4, 0.5) is 0 Å². The molecule has 0 aliphatic carbocycles. The van der Waals surface area contributed by atoms with Crippen molar-refractivity contribution < 1.29 is 9.90 Å². The second kappa shape index (κ2) is 12.3. The molecule has 0 fully saturated rings. The van der Waals surface area contributed by atoms with E-state index in [1.165, 1.54) is 18.9 Å². The summed E-state index contributed by atoms with van der Waals surface area (Å²) in [4.78, 5) is 11.1. The highest BCUT2D eigenvalue weighted by Crippen LogP contribution is 2.04. The summed E-state index contributed by atoms with van der Waals surface area (Å²) in [6.07, 6.45) is 8.02. The van der Waals surface area contributed by atoms with Crippen LogP contribution in [0.3, 0.4) is 0 Å². The number of aliphatic hydroxyl groups excluding tert-OH is 1. The molecule has 2 N–H and O–H groups in total. The Kier molecular flexibility index (Phi) is 11.8. The van der Waals surface area contributed by atoms with Crippen LogP contribution in [-0.2, 0) is 4.79 Å². The molecule has 0 saturated carbocycles. The Morgan fingerprint density at radius 2 is 2.25 bits per heavy atom. The summed E-state index contributed by atoms with van der Waals surface area (Å²) in [5.41, 5.74) is 0. The topological polar surface area (TPSA) is 49.3 Å². The minimum absolute atomic E-state index is 0.0811. The predicted molar refractivity (Wildman–Crippen MR) is 70.4 cm³/mol. The van der Waals surface area contributed by atoms with Gasteiger partial charge < -0.3 is 10.4 Å². The minimum atomic E-state index is -0.114. The third-order valence-corrected chi connectivity index (χ3v) is 2.68. The lowest BCUT2D eigenvalue weighted by Gasteiger charge is -1.96. The van der Waals surface area contributed by atoms with Gasteiger partial charge in [-0.1, -0.05) is 25.5 Å². The summed E-state index contributed by atoms with van der Waals surface area (Å²) in [5.74, 6) is 1.02. The Morgan fingerprint density at radius 3 is 2.94 bits per heavy atom. The molecule has 0 saturated heterocycles. The molecule has 0 bridgehead atoms. The highest BCUT2D eigenvalue weighted by atomic mass is 32.2. The molecule has 0 heterocycles. The van der Waals surface area contributed by atoms with Crippen molar-refractivity contribution in [2.75, 3.05) is 18.9 Å². The molecule has 16 heavy (non-hydrogen) atoms. The van der Waals surface area contributed by atoms with Crippen molar-refractivity contribution in [3.63, 3.8) is 0 Å². The van der Waals surface area contributed by atoms with Crippen LogP contribution in [0.15, 0.2) is 23.6 Å². The summed E-state index contributed by atoms with van der Waals surface area (Å²) in [5, 5.41) is 13.2. The molecule has 0 unspecified atom stereocenters. The lowest BCUT2D eigenvalue weighted by Crippen LogP contribution is -2.20. The van der Waals surface area contributed by atoms with E-state index in [0.717, 1.165) is 5.75 Å². The summed E-state index contributed by atoms with van der Waals surface area (Å²) in [7, 11) is 0. The maximum Gasteiger partial charge on any atom is 0.243 e. The first-order valence-electron chi connectivity index (χ1n) is 5.63. The fourth-order valence-electron chi connectivity index (χ4n) is 0.895. The van der Waals surface area contributed by atoms with Crippen molar-refractivity contribution in [2.24, 2.45) is 0 Å². The van der Waals surface area contributed by atoms with Gasteiger partial charge in [-0.2, -0.15) is 0 Å². The third-order valence-electron chi connectivity index (χ3n) is 1.77. The minimum Gasteiger partial charge on any atom is -0.396 e. The van der Waals surface area contributed by atoms with Gasteiger partial charge in [0.25, 0.3) is 0 Å². The number of carbonyl (C=O) groups excluding carboxylic acids is 1. The molecule has 0 rings (SSSR count). The number of hydrogen-bond donors (Lipinski definition) is 2. The van der Waals surface area contributed by atoms with Gasteiger partial charge in [-0.15, -0.1) is 11.8 Å². The van der Waals surface area contributed by atoms with Crippen molar-refractivity contribution in [1.82, 2.24) is 5.32 Å². The number of unbranched alkanes of at least 4 members (excludes halogenated alkanes) is 1. The molecule has 0 aliphatic rings. The Labute approximate surface area is 102 Å². The molecule has 0 aromatic rings. The largest absolute Gasteiger partial charge is 0.396 e. The van der Waals surface area contributed by atoms with E-state index in [-0.39, 0.29) is 12.5 Å². The van der Waals surface area contributed by atoms with Crippen LogP contribution in [0.5, 0.6) is 0 Å². The lowest BCUT2D eigenvalue weighted by molar-refractivity contribution is -0.116. The normalized spacial score (nSPS) is 11.4. The third kappa shape index (κ3) is 11.3. The van der Waals surface area contributed by atoms with Gasteiger partial charge in [0.05, 0.1) is 0 Å². The monoisotopic (exact) mass is 243 g/mol. The molecule has 0 aliphatic heterocycles. The first kappa shape index (κ1) is 15.3. The second-order valence-electron chi connectivity index (χ2n) is 3.26. The first-order chi connectivity index (χ1) is 7.81. The zero-order chi connectivity index (χ0) is 12.1. The van der Waals surface area contributed by atoms with Gasteiger partial charge in [-0.3, -0.25) is 4.79 Å². The van der Waals surface area contributed by atoms with E-state index in [2.05, 4.69) is 12.2 Å². The van der Waals surface area contributed by atoms with Crippen LogP contribution in [0.1, 0.15) is 26.2 Å². The van der Waals surface area contributed by atoms with E-state index in [0.29, 0.717) is 13.0 Å². The molecule has 0 aromatic heterocycles.